The van der Waals surface area contributed by atoms with E-state index in [-0.39, 0.29) is 11.7 Å². The molecule has 2 aromatic rings. The van der Waals surface area contributed by atoms with E-state index in [1.165, 1.54) is 0 Å². The Morgan fingerprint density at radius 3 is 2.82 bits per heavy atom. The van der Waals surface area contributed by atoms with E-state index in [0.29, 0.717) is 24.4 Å². The molecular formula is C17H18N2O3. The molecule has 0 radical (unpaired) electrons. The van der Waals surface area contributed by atoms with E-state index in [2.05, 4.69) is 10.3 Å². The van der Waals surface area contributed by atoms with Gasteiger partial charge in [-0.2, -0.15) is 0 Å². The van der Waals surface area contributed by atoms with Crippen LogP contribution in [0.1, 0.15) is 31.0 Å². The maximum Gasteiger partial charge on any atom is 0.341 e. The minimum Gasteiger partial charge on any atom is -0.462 e. The molecule has 2 N–H and O–H groups in total. The van der Waals surface area contributed by atoms with Crippen molar-refractivity contribution in [1.29, 1.82) is 0 Å². The van der Waals surface area contributed by atoms with Crippen LogP contribution in [0.2, 0.25) is 0 Å². The predicted molar refractivity (Wildman–Crippen MR) is 84.3 cm³/mol. The first kappa shape index (κ1) is 14.4. The fourth-order valence-electron chi connectivity index (χ4n) is 2.91. The minimum absolute atomic E-state index is 0.0667. The van der Waals surface area contributed by atoms with Gasteiger partial charge >= 0.3 is 5.97 Å². The van der Waals surface area contributed by atoms with E-state index in [4.69, 9.17) is 4.74 Å². The summed E-state index contributed by atoms with van der Waals surface area (Å²) in [7, 11) is 0. The summed E-state index contributed by atoms with van der Waals surface area (Å²) in [6.07, 6.45) is 1.63. The molecule has 5 nitrogen and oxygen atoms in total. The van der Waals surface area contributed by atoms with E-state index in [1.54, 1.807) is 20.0 Å². The smallest absolute Gasteiger partial charge is 0.341 e. The molecule has 114 valence electrons. The Hall–Kier alpha value is -2.56. The number of aromatic amines is 1. The molecule has 2 heterocycles. The first-order valence-electron chi connectivity index (χ1n) is 7.35. The lowest BCUT2D eigenvalue weighted by atomic mass is 9.91. The lowest BCUT2D eigenvalue weighted by molar-refractivity contribution is -0.136. The van der Waals surface area contributed by atoms with Crippen molar-refractivity contribution in [2.45, 2.75) is 19.8 Å². The second kappa shape index (κ2) is 5.67. The van der Waals surface area contributed by atoms with Gasteiger partial charge in [0.05, 0.1) is 23.8 Å². The average Bonchev–Trinajstić information content (AvgIpc) is 2.75. The summed E-state index contributed by atoms with van der Waals surface area (Å²) in [5.74, 6) is -0.627. The zero-order valence-corrected chi connectivity index (χ0v) is 12.6. The molecule has 1 aromatic heterocycles. The van der Waals surface area contributed by atoms with Crippen LogP contribution in [0.4, 0.5) is 0 Å². The van der Waals surface area contributed by atoms with Crippen molar-refractivity contribution in [1.82, 2.24) is 10.3 Å². The molecule has 1 unspecified atom stereocenters. The number of fused-ring (bicyclic) bond motifs is 3. The third kappa shape index (κ3) is 2.28. The Balaban J connectivity index is 2.23. The number of carbonyl (C=O) groups is 2. The van der Waals surface area contributed by atoms with Crippen LogP contribution in [0.15, 0.2) is 30.5 Å². The van der Waals surface area contributed by atoms with Crippen molar-refractivity contribution in [3.05, 3.63) is 41.7 Å². The van der Waals surface area contributed by atoms with Gasteiger partial charge in [0, 0.05) is 23.6 Å². The van der Waals surface area contributed by atoms with Crippen LogP contribution in [0.3, 0.4) is 0 Å². The van der Waals surface area contributed by atoms with Gasteiger partial charge in [-0.1, -0.05) is 18.2 Å². The van der Waals surface area contributed by atoms with Gasteiger partial charge in [0.2, 0.25) is 0 Å². The molecule has 5 heteroatoms. The molecule has 1 aliphatic rings. The van der Waals surface area contributed by atoms with Crippen molar-refractivity contribution in [2.75, 3.05) is 13.2 Å². The molecule has 3 rings (SSSR count). The summed E-state index contributed by atoms with van der Waals surface area (Å²) in [6, 6.07) is 7.76. The van der Waals surface area contributed by atoms with E-state index < -0.39 is 5.97 Å². The normalized spacial score (nSPS) is 17.2. The zero-order chi connectivity index (χ0) is 15.7. The van der Waals surface area contributed by atoms with Gasteiger partial charge in [-0.05, 0) is 25.5 Å². The first-order valence-corrected chi connectivity index (χ1v) is 7.35. The fraction of sp³-hybridized carbons (Fsp3) is 0.294. The number of ketones is 1. The number of hydrogen-bond donors (Lipinski definition) is 2. The maximum atomic E-state index is 12.2. The van der Waals surface area contributed by atoms with E-state index in [0.717, 1.165) is 16.5 Å². The SMILES string of the molecule is CCOC(=O)C1=CNCC(C(C)=O)c2c1[nH]c1ccccc21. The first-order chi connectivity index (χ1) is 10.6. The Kier molecular flexibility index (Phi) is 3.71. The number of aromatic nitrogens is 1. The molecular weight excluding hydrogens is 280 g/mol. The molecule has 0 amide bonds. The van der Waals surface area contributed by atoms with Gasteiger partial charge in [0.25, 0.3) is 0 Å². The number of rotatable bonds is 3. The molecule has 0 saturated carbocycles. The second-order valence-electron chi connectivity index (χ2n) is 5.31. The van der Waals surface area contributed by atoms with E-state index in [1.807, 2.05) is 24.3 Å². The van der Waals surface area contributed by atoms with Gasteiger partial charge in [0.1, 0.15) is 5.78 Å². The molecule has 0 saturated heterocycles. The molecule has 1 aromatic carbocycles. The third-order valence-corrected chi connectivity index (χ3v) is 3.92. The van der Waals surface area contributed by atoms with Crippen LogP contribution in [-0.2, 0) is 14.3 Å². The summed E-state index contributed by atoms with van der Waals surface area (Å²) < 4.78 is 5.13. The number of nitrogens with one attached hydrogen (secondary N) is 2. The third-order valence-electron chi connectivity index (χ3n) is 3.92. The molecule has 0 bridgehead atoms. The lowest BCUT2D eigenvalue weighted by Gasteiger charge is -2.12. The van der Waals surface area contributed by atoms with E-state index in [9.17, 15) is 9.59 Å². The summed E-state index contributed by atoms with van der Waals surface area (Å²) in [5, 5.41) is 4.03. The summed E-state index contributed by atoms with van der Waals surface area (Å²) in [6.45, 7) is 4.12. The van der Waals surface area contributed by atoms with Crippen molar-refractivity contribution in [3.8, 4) is 0 Å². The van der Waals surface area contributed by atoms with Gasteiger partial charge in [-0.15, -0.1) is 0 Å². The molecule has 22 heavy (non-hydrogen) atoms. The van der Waals surface area contributed by atoms with Crippen LogP contribution in [0.5, 0.6) is 0 Å². The minimum atomic E-state index is -0.396. The average molecular weight is 298 g/mol. The molecule has 0 fully saturated rings. The molecule has 1 atom stereocenters. The Morgan fingerprint density at radius 2 is 2.09 bits per heavy atom. The van der Waals surface area contributed by atoms with Crippen molar-refractivity contribution >= 4 is 28.2 Å². The van der Waals surface area contributed by atoms with Gasteiger partial charge in [-0.3, -0.25) is 4.79 Å². The Morgan fingerprint density at radius 1 is 1.32 bits per heavy atom. The number of carbonyl (C=O) groups excluding carboxylic acids is 2. The van der Waals surface area contributed by atoms with Crippen LogP contribution in [-0.4, -0.2) is 29.9 Å². The highest BCUT2D eigenvalue weighted by atomic mass is 16.5. The Bertz CT molecular complexity index is 773. The molecule has 1 aliphatic heterocycles. The molecule has 0 spiro atoms. The topological polar surface area (TPSA) is 71.2 Å². The van der Waals surface area contributed by atoms with Crippen LogP contribution in [0.25, 0.3) is 16.5 Å². The number of hydrogen-bond acceptors (Lipinski definition) is 4. The zero-order valence-electron chi connectivity index (χ0n) is 12.6. The number of esters is 1. The van der Waals surface area contributed by atoms with Gasteiger partial charge < -0.3 is 15.0 Å². The lowest BCUT2D eigenvalue weighted by Crippen LogP contribution is -2.20. The number of para-hydroxylation sites is 1. The number of Topliss-reactive ketones (excluding diaryl/α,β-unsaturated/α-hetero) is 1. The van der Waals surface area contributed by atoms with E-state index >= 15 is 0 Å². The standard InChI is InChI=1S/C17H18N2O3/c1-3-22-17(21)13-9-18-8-12(10(2)20)15-11-6-4-5-7-14(11)19-16(13)15/h4-7,9,12,18-19H,3,8H2,1-2H3. The van der Waals surface area contributed by atoms with Crippen LogP contribution in [0, 0.1) is 0 Å². The predicted octanol–water partition coefficient (Wildman–Crippen LogP) is 2.35. The van der Waals surface area contributed by atoms with Crippen LogP contribution < -0.4 is 5.32 Å². The summed E-state index contributed by atoms with van der Waals surface area (Å²) in [5.41, 5.74) is 2.88. The van der Waals surface area contributed by atoms with Crippen molar-refractivity contribution in [3.63, 3.8) is 0 Å². The van der Waals surface area contributed by atoms with Gasteiger partial charge in [-0.25, -0.2) is 4.79 Å². The highest BCUT2D eigenvalue weighted by molar-refractivity contribution is 6.18. The number of benzene rings is 1. The Labute approximate surface area is 128 Å². The number of H-pyrrole nitrogens is 1. The van der Waals surface area contributed by atoms with Crippen molar-refractivity contribution < 1.29 is 14.3 Å². The highest BCUT2D eigenvalue weighted by Gasteiger charge is 2.30. The maximum absolute atomic E-state index is 12.2. The second-order valence-corrected chi connectivity index (χ2v) is 5.31. The summed E-state index contributed by atoms with van der Waals surface area (Å²) >= 11 is 0. The quantitative estimate of drug-likeness (QED) is 0.853. The summed E-state index contributed by atoms with van der Waals surface area (Å²) in [4.78, 5) is 27.6. The monoisotopic (exact) mass is 298 g/mol. The van der Waals surface area contributed by atoms with Gasteiger partial charge in [0.15, 0.2) is 0 Å². The fourth-order valence-corrected chi connectivity index (χ4v) is 2.91. The highest BCUT2D eigenvalue weighted by Crippen LogP contribution is 2.35. The number of ether oxygens (including phenoxy) is 1. The van der Waals surface area contributed by atoms with Crippen LogP contribution >= 0.6 is 0 Å². The molecule has 0 aliphatic carbocycles. The van der Waals surface area contributed by atoms with Crippen molar-refractivity contribution in [2.24, 2.45) is 0 Å². The largest absolute Gasteiger partial charge is 0.462 e.